The third-order valence-corrected chi connectivity index (χ3v) is 2.67. The molecule has 0 spiro atoms. The molecule has 0 radical (unpaired) electrons. The van der Waals surface area contributed by atoms with E-state index in [-0.39, 0.29) is 0 Å². The van der Waals surface area contributed by atoms with Gasteiger partial charge in [0.15, 0.2) is 0 Å². The number of nitrogens with zero attached hydrogens (tertiary/aromatic N) is 1. The molecular weight excluding hydrogens is 134 g/mol. The highest BCUT2D eigenvalue weighted by atomic mass is 14.7. The van der Waals surface area contributed by atoms with Gasteiger partial charge >= 0.3 is 0 Å². The molecule has 2 bridgehead atoms. The standard InChI is InChI=1S/C10H11N/c1-2-11-7-10-6-8-3-4-9(10)5-8/h1,3-4,7-10H,5-6H2. The van der Waals surface area contributed by atoms with Crippen molar-refractivity contribution in [3.05, 3.63) is 12.2 Å². The average Bonchev–Trinajstić information content (AvgIpc) is 2.60. The molecule has 2 aliphatic rings. The molecule has 0 amide bonds. The van der Waals surface area contributed by atoms with Crippen molar-refractivity contribution >= 4 is 6.21 Å². The van der Waals surface area contributed by atoms with Gasteiger partial charge in [-0.2, -0.15) is 0 Å². The van der Waals surface area contributed by atoms with Crippen LogP contribution in [0, 0.1) is 30.2 Å². The Morgan fingerprint density at radius 3 is 2.91 bits per heavy atom. The van der Waals surface area contributed by atoms with Crippen LogP contribution < -0.4 is 0 Å². The third kappa shape index (κ3) is 1.09. The van der Waals surface area contributed by atoms with Crippen molar-refractivity contribution < 1.29 is 0 Å². The first-order chi connectivity index (χ1) is 5.40. The molecule has 56 valence electrons. The summed E-state index contributed by atoms with van der Waals surface area (Å²) in [6.45, 7) is 0. The second kappa shape index (κ2) is 2.54. The normalized spacial score (nSPS) is 40.1. The molecule has 3 atom stereocenters. The van der Waals surface area contributed by atoms with Gasteiger partial charge in [0.05, 0.1) is 0 Å². The van der Waals surface area contributed by atoms with Crippen molar-refractivity contribution in [1.29, 1.82) is 0 Å². The molecule has 0 aliphatic heterocycles. The van der Waals surface area contributed by atoms with Crippen molar-refractivity contribution in [3.8, 4) is 12.5 Å². The lowest BCUT2D eigenvalue weighted by Gasteiger charge is -2.10. The van der Waals surface area contributed by atoms with Crippen molar-refractivity contribution in [2.45, 2.75) is 12.8 Å². The number of rotatable bonds is 1. The van der Waals surface area contributed by atoms with E-state index in [0.29, 0.717) is 5.92 Å². The van der Waals surface area contributed by atoms with Crippen LogP contribution in [-0.2, 0) is 0 Å². The smallest absolute Gasteiger partial charge is 0.0298 e. The summed E-state index contributed by atoms with van der Waals surface area (Å²) >= 11 is 0. The number of hydrogen-bond acceptors (Lipinski definition) is 1. The van der Waals surface area contributed by atoms with Gasteiger partial charge in [-0.05, 0) is 24.7 Å². The van der Waals surface area contributed by atoms with E-state index in [1.165, 1.54) is 12.8 Å². The van der Waals surface area contributed by atoms with E-state index in [1.54, 1.807) is 0 Å². The van der Waals surface area contributed by atoms with Crippen molar-refractivity contribution in [2.75, 3.05) is 0 Å². The fraction of sp³-hybridized carbons (Fsp3) is 0.500. The average molecular weight is 145 g/mol. The number of allylic oxidation sites excluding steroid dienone is 2. The van der Waals surface area contributed by atoms with Gasteiger partial charge in [0.25, 0.3) is 0 Å². The first-order valence-corrected chi connectivity index (χ1v) is 4.07. The van der Waals surface area contributed by atoms with Gasteiger partial charge in [-0.1, -0.05) is 18.6 Å². The van der Waals surface area contributed by atoms with E-state index in [4.69, 9.17) is 6.42 Å². The largest absolute Gasteiger partial charge is 0.210 e. The van der Waals surface area contributed by atoms with Crippen LogP contribution in [0.4, 0.5) is 0 Å². The fourth-order valence-electron chi connectivity index (χ4n) is 2.13. The highest BCUT2D eigenvalue weighted by Crippen LogP contribution is 2.42. The predicted molar refractivity (Wildman–Crippen MR) is 46.2 cm³/mol. The molecule has 0 heterocycles. The van der Waals surface area contributed by atoms with E-state index in [2.05, 4.69) is 23.2 Å². The lowest BCUT2D eigenvalue weighted by molar-refractivity contribution is 0.595. The van der Waals surface area contributed by atoms with Gasteiger partial charge in [0.1, 0.15) is 0 Å². The molecular formula is C10H11N. The minimum Gasteiger partial charge on any atom is -0.210 e. The zero-order chi connectivity index (χ0) is 7.68. The summed E-state index contributed by atoms with van der Waals surface area (Å²) in [6, 6.07) is 2.30. The lowest BCUT2D eigenvalue weighted by atomic mass is 9.95. The first kappa shape index (κ1) is 6.67. The van der Waals surface area contributed by atoms with E-state index < -0.39 is 0 Å². The van der Waals surface area contributed by atoms with E-state index in [0.717, 1.165) is 11.8 Å². The highest BCUT2D eigenvalue weighted by molar-refractivity contribution is 5.64. The van der Waals surface area contributed by atoms with Gasteiger partial charge in [-0.25, -0.2) is 4.99 Å². The minimum absolute atomic E-state index is 0.626. The Kier molecular flexibility index (Phi) is 1.54. The second-order valence-corrected chi connectivity index (χ2v) is 3.35. The maximum atomic E-state index is 5.04. The predicted octanol–water partition coefficient (Wildman–Crippen LogP) is 1.86. The summed E-state index contributed by atoms with van der Waals surface area (Å²) in [6.07, 6.45) is 14.2. The molecule has 1 fully saturated rings. The molecule has 0 saturated heterocycles. The SMILES string of the molecule is C#CN=CC1CC2C=CC1C2. The van der Waals surface area contributed by atoms with Gasteiger partial charge < -0.3 is 0 Å². The Bertz CT molecular complexity index is 244. The molecule has 2 aliphatic carbocycles. The number of fused-ring (bicyclic) bond motifs is 2. The Hall–Kier alpha value is -1.03. The quantitative estimate of drug-likeness (QED) is 0.303. The molecule has 3 unspecified atom stereocenters. The summed E-state index contributed by atoms with van der Waals surface area (Å²) in [5.74, 6) is 2.17. The van der Waals surface area contributed by atoms with Crippen LogP contribution in [0.25, 0.3) is 0 Å². The zero-order valence-electron chi connectivity index (χ0n) is 6.40. The molecule has 0 aromatic carbocycles. The van der Waals surface area contributed by atoms with Crippen LogP contribution >= 0.6 is 0 Å². The van der Waals surface area contributed by atoms with Gasteiger partial charge in [-0.15, -0.1) is 0 Å². The van der Waals surface area contributed by atoms with Crippen LogP contribution in [0.2, 0.25) is 0 Å². The summed E-state index contributed by atoms with van der Waals surface area (Å²) in [7, 11) is 0. The maximum Gasteiger partial charge on any atom is 0.0298 e. The second-order valence-electron chi connectivity index (χ2n) is 3.35. The molecule has 2 rings (SSSR count). The topological polar surface area (TPSA) is 12.4 Å². The van der Waals surface area contributed by atoms with Crippen molar-refractivity contribution in [3.63, 3.8) is 0 Å². The van der Waals surface area contributed by atoms with E-state index in [9.17, 15) is 0 Å². The molecule has 1 nitrogen and oxygen atoms in total. The maximum absolute atomic E-state index is 5.04. The highest BCUT2D eigenvalue weighted by Gasteiger charge is 2.34. The Labute approximate surface area is 67.2 Å². The summed E-state index contributed by atoms with van der Waals surface area (Å²) in [5, 5.41) is 0. The molecule has 0 aromatic rings. The zero-order valence-corrected chi connectivity index (χ0v) is 6.40. The molecule has 1 heteroatoms. The molecule has 1 saturated carbocycles. The lowest BCUT2D eigenvalue weighted by Crippen LogP contribution is -2.07. The van der Waals surface area contributed by atoms with Gasteiger partial charge in [-0.3, -0.25) is 0 Å². The van der Waals surface area contributed by atoms with Gasteiger partial charge in [0, 0.05) is 18.2 Å². The van der Waals surface area contributed by atoms with E-state index >= 15 is 0 Å². The summed E-state index contributed by atoms with van der Waals surface area (Å²) in [4.78, 5) is 3.84. The van der Waals surface area contributed by atoms with Crippen molar-refractivity contribution in [1.82, 2.24) is 0 Å². The third-order valence-electron chi connectivity index (χ3n) is 2.67. The number of aliphatic imine (C=N–C) groups is 1. The van der Waals surface area contributed by atoms with Crippen molar-refractivity contribution in [2.24, 2.45) is 22.7 Å². The number of hydrogen-bond donors (Lipinski definition) is 0. The van der Waals surface area contributed by atoms with Crippen LogP contribution in [0.5, 0.6) is 0 Å². The van der Waals surface area contributed by atoms with Crippen LogP contribution in [0.3, 0.4) is 0 Å². The summed E-state index contributed by atoms with van der Waals surface area (Å²) < 4.78 is 0. The molecule has 0 aromatic heterocycles. The van der Waals surface area contributed by atoms with Gasteiger partial charge in [0.2, 0.25) is 0 Å². The first-order valence-electron chi connectivity index (χ1n) is 4.07. The molecule has 11 heavy (non-hydrogen) atoms. The van der Waals surface area contributed by atoms with Crippen LogP contribution in [0.15, 0.2) is 17.1 Å². The fourth-order valence-corrected chi connectivity index (χ4v) is 2.13. The number of terminal acetylenes is 1. The Morgan fingerprint density at radius 1 is 1.45 bits per heavy atom. The van der Waals surface area contributed by atoms with Crippen LogP contribution in [-0.4, -0.2) is 6.21 Å². The van der Waals surface area contributed by atoms with Crippen LogP contribution in [0.1, 0.15) is 12.8 Å². The Balaban J connectivity index is 2.04. The Morgan fingerprint density at radius 2 is 2.36 bits per heavy atom. The minimum atomic E-state index is 0.626. The molecule has 0 N–H and O–H groups in total. The van der Waals surface area contributed by atoms with E-state index in [1.807, 2.05) is 6.21 Å². The monoisotopic (exact) mass is 145 g/mol. The summed E-state index contributed by atoms with van der Waals surface area (Å²) in [5.41, 5.74) is 0.